The smallest absolute Gasteiger partial charge is 0.00698 e. The fraction of sp³-hybridized carbons (Fsp3) is 0.714. The average Bonchev–Trinajstić information content (AvgIpc) is 2.80. The lowest BCUT2D eigenvalue weighted by Gasteiger charge is -2.29. The molecule has 2 heteroatoms. The van der Waals surface area contributed by atoms with Crippen LogP contribution in [-0.2, 0) is 6.42 Å². The molecule has 1 aromatic heterocycles. The highest BCUT2D eigenvalue weighted by Crippen LogP contribution is 2.28. The summed E-state index contributed by atoms with van der Waals surface area (Å²) < 4.78 is 0. The van der Waals surface area contributed by atoms with Gasteiger partial charge in [-0.25, -0.2) is 0 Å². The van der Waals surface area contributed by atoms with Crippen LogP contribution >= 0.6 is 11.3 Å². The maximum atomic E-state index is 3.68. The molecule has 1 fully saturated rings. The number of thiophene rings is 1. The first-order valence-electron chi connectivity index (χ1n) is 6.64. The lowest BCUT2D eigenvalue weighted by molar-refractivity contribution is 0.285. The Morgan fingerprint density at radius 2 is 2.38 bits per heavy atom. The van der Waals surface area contributed by atoms with Crippen molar-refractivity contribution < 1.29 is 0 Å². The Kier molecular flexibility index (Phi) is 4.86. The van der Waals surface area contributed by atoms with Crippen LogP contribution < -0.4 is 5.32 Å². The van der Waals surface area contributed by atoms with Gasteiger partial charge in [0.25, 0.3) is 0 Å². The van der Waals surface area contributed by atoms with Crippen molar-refractivity contribution in [1.29, 1.82) is 0 Å². The van der Waals surface area contributed by atoms with Gasteiger partial charge in [-0.15, -0.1) is 11.3 Å². The Hall–Kier alpha value is -0.340. The van der Waals surface area contributed by atoms with E-state index in [0.29, 0.717) is 0 Å². The minimum Gasteiger partial charge on any atom is -0.314 e. The van der Waals surface area contributed by atoms with Crippen molar-refractivity contribution in [3.05, 3.63) is 22.4 Å². The van der Waals surface area contributed by atoms with Crippen LogP contribution in [0.15, 0.2) is 17.5 Å². The first-order valence-corrected chi connectivity index (χ1v) is 7.52. The van der Waals surface area contributed by atoms with E-state index in [2.05, 4.69) is 29.8 Å². The van der Waals surface area contributed by atoms with Crippen molar-refractivity contribution in [2.45, 2.75) is 51.5 Å². The summed E-state index contributed by atoms with van der Waals surface area (Å²) in [7, 11) is 0. The normalized spacial score (nSPS) is 25.8. The molecule has 0 aliphatic heterocycles. The second kappa shape index (κ2) is 6.41. The van der Waals surface area contributed by atoms with Gasteiger partial charge in [0.15, 0.2) is 0 Å². The van der Waals surface area contributed by atoms with Crippen molar-refractivity contribution in [2.24, 2.45) is 5.92 Å². The standard InChI is InChI=1S/C14H23NS/c1-2-8-15-13-6-3-5-12(10-13)11-14-7-4-9-16-14/h4,7,9,12-13,15H,2-3,5-6,8,10-11H2,1H3. The zero-order chi connectivity index (χ0) is 11.2. The highest BCUT2D eigenvalue weighted by Gasteiger charge is 2.21. The Morgan fingerprint density at radius 1 is 1.44 bits per heavy atom. The number of hydrogen-bond acceptors (Lipinski definition) is 2. The van der Waals surface area contributed by atoms with Gasteiger partial charge in [-0.05, 0) is 56.0 Å². The molecule has 0 amide bonds. The van der Waals surface area contributed by atoms with Crippen LogP contribution in [0, 0.1) is 5.92 Å². The summed E-state index contributed by atoms with van der Waals surface area (Å²) in [6, 6.07) is 5.25. The Labute approximate surface area is 103 Å². The van der Waals surface area contributed by atoms with E-state index in [0.717, 1.165) is 12.0 Å². The molecule has 0 spiro atoms. The highest BCUT2D eigenvalue weighted by atomic mass is 32.1. The lowest BCUT2D eigenvalue weighted by Crippen LogP contribution is -2.35. The molecule has 1 aromatic rings. The largest absolute Gasteiger partial charge is 0.314 e. The summed E-state index contributed by atoms with van der Waals surface area (Å²) >= 11 is 1.92. The molecule has 1 saturated carbocycles. The molecule has 1 nitrogen and oxygen atoms in total. The fourth-order valence-corrected chi connectivity index (χ4v) is 3.54. The third-order valence-electron chi connectivity index (χ3n) is 3.54. The van der Waals surface area contributed by atoms with Gasteiger partial charge in [-0.1, -0.05) is 19.4 Å². The van der Waals surface area contributed by atoms with Gasteiger partial charge in [0.05, 0.1) is 0 Å². The third-order valence-corrected chi connectivity index (χ3v) is 4.43. The predicted molar refractivity (Wildman–Crippen MR) is 72.1 cm³/mol. The van der Waals surface area contributed by atoms with Crippen LogP contribution in [0.1, 0.15) is 43.9 Å². The average molecular weight is 237 g/mol. The van der Waals surface area contributed by atoms with Gasteiger partial charge >= 0.3 is 0 Å². The molecule has 0 saturated heterocycles. The third kappa shape index (κ3) is 3.60. The summed E-state index contributed by atoms with van der Waals surface area (Å²) in [5.74, 6) is 0.918. The van der Waals surface area contributed by atoms with Crippen LogP contribution in [0.25, 0.3) is 0 Å². The Bertz CT molecular complexity index is 281. The first kappa shape index (κ1) is 12.1. The lowest BCUT2D eigenvalue weighted by atomic mass is 9.83. The van der Waals surface area contributed by atoms with Gasteiger partial charge in [0.1, 0.15) is 0 Å². The zero-order valence-corrected chi connectivity index (χ0v) is 11.1. The molecule has 90 valence electrons. The maximum absolute atomic E-state index is 3.68. The van der Waals surface area contributed by atoms with Gasteiger partial charge in [0, 0.05) is 10.9 Å². The molecular weight excluding hydrogens is 214 g/mol. The molecule has 1 heterocycles. The van der Waals surface area contributed by atoms with Gasteiger partial charge in [0.2, 0.25) is 0 Å². The number of rotatable bonds is 5. The van der Waals surface area contributed by atoms with E-state index in [9.17, 15) is 0 Å². The summed E-state index contributed by atoms with van der Waals surface area (Å²) in [5.41, 5.74) is 0. The fourth-order valence-electron chi connectivity index (χ4n) is 2.72. The highest BCUT2D eigenvalue weighted by molar-refractivity contribution is 7.09. The first-order chi connectivity index (χ1) is 7.88. The SMILES string of the molecule is CCCNC1CCCC(Cc2cccs2)C1. The molecule has 2 unspecified atom stereocenters. The van der Waals surface area contributed by atoms with E-state index in [1.54, 1.807) is 4.88 Å². The van der Waals surface area contributed by atoms with Gasteiger partial charge < -0.3 is 5.32 Å². The molecule has 16 heavy (non-hydrogen) atoms. The van der Waals surface area contributed by atoms with Crippen LogP contribution in [0.3, 0.4) is 0 Å². The maximum Gasteiger partial charge on any atom is 0.00698 e. The molecular formula is C14H23NS. The van der Waals surface area contributed by atoms with E-state index < -0.39 is 0 Å². The van der Waals surface area contributed by atoms with Gasteiger partial charge in [-0.2, -0.15) is 0 Å². The summed E-state index contributed by atoms with van der Waals surface area (Å²) in [6.07, 6.45) is 8.19. The van der Waals surface area contributed by atoms with Gasteiger partial charge in [-0.3, -0.25) is 0 Å². The van der Waals surface area contributed by atoms with E-state index in [1.807, 2.05) is 11.3 Å². The second-order valence-corrected chi connectivity index (χ2v) is 6.00. The van der Waals surface area contributed by atoms with Crippen molar-refractivity contribution in [3.63, 3.8) is 0 Å². The minimum absolute atomic E-state index is 0.790. The molecule has 1 aliphatic carbocycles. The predicted octanol–water partition coefficient (Wildman–Crippen LogP) is 3.85. The zero-order valence-electron chi connectivity index (χ0n) is 10.2. The Balaban J connectivity index is 1.77. The molecule has 1 N–H and O–H groups in total. The number of hydrogen-bond donors (Lipinski definition) is 1. The van der Waals surface area contributed by atoms with E-state index in [1.165, 1.54) is 45.1 Å². The molecule has 0 bridgehead atoms. The Morgan fingerprint density at radius 3 is 3.12 bits per heavy atom. The summed E-state index contributed by atoms with van der Waals surface area (Å²) in [5, 5.41) is 5.88. The van der Waals surface area contributed by atoms with Crippen LogP contribution in [0.4, 0.5) is 0 Å². The van der Waals surface area contributed by atoms with Crippen LogP contribution in [-0.4, -0.2) is 12.6 Å². The van der Waals surface area contributed by atoms with Crippen molar-refractivity contribution in [1.82, 2.24) is 5.32 Å². The minimum atomic E-state index is 0.790. The van der Waals surface area contributed by atoms with Crippen LogP contribution in [0.5, 0.6) is 0 Å². The van der Waals surface area contributed by atoms with E-state index >= 15 is 0 Å². The van der Waals surface area contributed by atoms with Crippen LogP contribution in [0.2, 0.25) is 0 Å². The summed E-state index contributed by atoms with van der Waals surface area (Å²) in [4.78, 5) is 1.57. The van der Waals surface area contributed by atoms with Crippen molar-refractivity contribution in [2.75, 3.05) is 6.54 Å². The van der Waals surface area contributed by atoms with E-state index in [4.69, 9.17) is 0 Å². The second-order valence-electron chi connectivity index (χ2n) is 4.97. The summed E-state index contributed by atoms with van der Waals surface area (Å²) in [6.45, 7) is 3.44. The topological polar surface area (TPSA) is 12.0 Å². The van der Waals surface area contributed by atoms with E-state index in [-0.39, 0.29) is 0 Å². The molecule has 0 radical (unpaired) electrons. The quantitative estimate of drug-likeness (QED) is 0.820. The molecule has 0 aromatic carbocycles. The van der Waals surface area contributed by atoms with Crippen molar-refractivity contribution >= 4 is 11.3 Å². The van der Waals surface area contributed by atoms with Crippen molar-refractivity contribution in [3.8, 4) is 0 Å². The molecule has 2 atom stereocenters. The number of nitrogens with one attached hydrogen (secondary N) is 1. The molecule has 1 aliphatic rings. The monoisotopic (exact) mass is 237 g/mol. The molecule has 2 rings (SSSR count).